The van der Waals surface area contributed by atoms with Crippen LogP contribution in [0.25, 0.3) is 0 Å². The molecule has 1 N–H and O–H groups in total. The van der Waals surface area contributed by atoms with E-state index in [0.717, 1.165) is 32.6 Å². The summed E-state index contributed by atoms with van der Waals surface area (Å²) in [6.07, 6.45) is 4.80. The molecule has 0 saturated carbocycles. The van der Waals surface area contributed by atoms with Crippen LogP contribution in [-0.4, -0.2) is 61.0 Å². The van der Waals surface area contributed by atoms with Gasteiger partial charge in [-0.2, -0.15) is 0 Å². The average molecular weight is 239 g/mol. The van der Waals surface area contributed by atoms with Crippen LogP contribution in [0.1, 0.15) is 32.6 Å². The lowest BCUT2D eigenvalue weighted by molar-refractivity contribution is -0.136. The molecule has 4 nitrogen and oxygen atoms in total. The molecule has 1 amide bonds. The van der Waals surface area contributed by atoms with E-state index in [1.165, 1.54) is 19.3 Å². The van der Waals surface area contributed by atoms with Gasteiger partial charge in [-0.15, -0.1) is 0 Å². The number of likely N-dealkylation sites (tertiary alicyclic amines) is 2. The Balaban J connectivity index is 1.86. The van der Waals surface area contributed by atoms with Gasteiger partial charge in [0.1, 0.15) is 0 Å². The van der Waals surface area contributed by atoms with Gasteiger partial charge in [0.25, 0.3) is 0 Å². The fourth-order valence-electron chi connectivity index (χ4n) is 2.91. The van der Waals surface area contributed by atoms with E-state index in [1.54, 1.807) is 0 Å². The molecule has 0 aromatic heterocycles. The van der Waals surface area contributed by atoms with Crippen molar-refractivity contribution in [3.8, 4) is 0 Å². The standard InChI is InChI=1S/C13H25N3O/c1-11(16-9-6-12(10-16)14-2)13(17)15-7-4-3-5-8-15/h11-12,14H,3-10H2,1-2H3. The topological polar surface area (TPSA) is 35.6 Å². The monoisotopic (exact) mass is 239 g/mol. The van der Waals surface area contributed by atoms with E-state index in [1.807, 2.05) is 7.05 Å². The quantitative estimate of drug-likeness (QED) is 0.787. The number of hydrogen-bond donors (Lipinski definition) is 1. The fraction of sp³-hybridized carbons (Fsp3) is 0.923. The highest BCUT2D eigenvalue weighted by atomic mass is 16.2. The first-order valence-corrected chi connectivity index (χ1v) is 6.92. The minimum atomic E-state index is 0.0615. The number of hydrogen-bond acceptors (Lipinski definition) is 3. The third-order valence-electron chi connectivity index (χ3n) is 4.20. The first-order valence-electron chi connectivity index (χ1n) is 6.92. The number of likely N-dealkylation sites (N-methyl/N-ethyl adjacent to an activating group) is 1. The van der Waals surface area contributed by atoms with Crippen LogP contribution >= 0.6 is 0 Å². The van der Waals surface area contributed by atoms with E-state index in [4.69, 9.17) is 0 Å². The molecule has 2 aliphatic rings. The molecule has 0 radical (unpaired) electrons. The fourth-order valence-corrected chi connectivity index (χ4v) is 2.91. The Hall–Kier alpha value is -0.610. The zero-order valence-corrected chi connectivity index (χ0v) is 11.1. The minimum absolute atomic E-state index is 0.0615. The van der Waals surface area contributed by atoms with E-state index in [0.29, 0.717) is 11.9 Å². The van der Waals surface area contributed by atoms with E-state index in [2.05, 4.69) is 22.0 Å². The molecule has 0 aromatic carbocycles. The van der Waals surface area contributed by atoms with Gasteiger partial charge in [0.2, 0.25) is 5.91 Å². The summed E-state index contributed by atoms with van der Waals surface area (Å²) in [6.45, 7) is 6.05. The average Bonchev–Trinajstić information content (AvgIpc) is 2.87. The van der Waals surface area contributed by atoms with Crippen LogP contribution in [0.2, 0.25) is 0 Å². The van der Waals surface area contributed by atoms with Gasteiger partial charge in [-0.05, 0) is 39.7 Å². The van der Waals surface area contributed by atoms with Crippen LogP contribution in [0.3, 0.4) is 0 Å². The van der Waals surface area contributed by atoms with Gasteiger partial charge >= 0.3 is 0 Å². The summed E-state index contributed by atoms with van der Waals surface area (Å²) in [5.41, 5.74) is 0. The second-order valence-corrected chi connectivity index (χ2v) is 5.33. The summed E-state index contributed by atoms with van der Waals surface area (Å²) in [5.74, 6) is 0.335. The van der Waals surface area contributed by atoms with Gasteiger partial charge in [0.15, 0.2) is 0 Å². The maximum absolute atomic E-state index is 12.3. The summed E-state index contributed by atoms with van der Waals surface area (Å²) >= 11 is 0. The van der Waals surface area contributed by atoms with Gasteiger partial charge in [0, 0.05) is 32.2 Å². The molecule has 4 heteroatoms. The Morgan fingerprint density at radius 1 is 1.24 bits per heavy atom. The summed E-state index contributed by atoms with van der Waals surface area (Å²) in [5, 5.41) is 3.30. The van der Waals surface area contributed by atoms with E-state index < -0.39 is 0 Å². The Kier molecular flexibility index (Phi) is 4.40. The smallest absolute Gasteiger partial charge is 0.239 e. The first-order chi connectivity index (χ1) is 8.22. The van der Waals surface area contributed by atoms with Crippen molar-refractivity contribution in [2.24, 2.45) is 0 Å². The second-order valence-electron chi connectivity index (χ2n) is 5.33. The maximum Gasteiger partial charge on any atom is 0.239 e. The van der Waals surface area contributed by atoms with E-state index in [9.17, 15) is 4.79 Å². The van der Waals surface area contributed by atoms with E-state index in [-0.39, 0.29) is 6.04 Å². The van der Waals surface area contributed by atoms with Crippen molar-refractivity contribution >= 4 is 5.91 Å². The molecule has 2 saturated heterocycles. The molecule has 2 unspecified atom stereocenters. The van der Waals surface area contributed by atoms with Crippen molar-refractivity contribution in [3.05, 3.63) is 0 Å². The third-order valence-corrected chi connectivity index (χ3v) is 4.20. The highest BCUT2D eigenvalue weighted by Gasteiger charge is 2.31. The van der Waals surface area contributed by atoms with Crippen LogP contribution in [0, 0.1) is 0 Å². The summed E-state index contributed by atoms with van der Waals surface area (Å²) in [4.78, 5) is 16.7. The van der Waals surface area contributed by atoms with Crippen LogP contribution in [0.15, 0.2) is 0 Å². The number of amides is 1. The Bertz CT molecular complexity index is 263. The Labute approximate surface area is 104 Å². The summed E-state index contributed by atoms with van der Waals surface area (Å²) in [7, 11) is 2.01. The molecule has 2 fully saturated rings. The predicted molar refractivity (Wildman–Crippen MR) is 68.9 cm³/mol. The first kappa shape index (κ1) is 12.8. The molecule has 2 atom stereocenters. The van der Waals surface area contributed by atoms with E-state index >= 15 is 0 Å². The summed E-state index contributed by atoms with van der Waals surface area (Å²) < 4.78 is 0. The maximum atomic E-state index is 12.3. The Morgan fingerprint density at radius 3 is 2.53 bits per heavy atom. The SMILES string of the molecule is CNC1CCN(C(C)C(=O)N2CCCCC2)C1. The Morgan fingerprint density at radius 2 is 1.94 bits per heavy atom. The number of nitrogens with one attached hydrogen (secondary N) is 1. The number of carbonyl (C=O) groups excluding carboxylic acids is 1. The molecule has 0 aliphatic carbocycles. The summed E-state index contributed by atoms with van der Waals surface area (Å²) in [6, 6.07) is 0.623. The van der Waals surface area contributed by atoms with Gasteiger partial charge in [-0.3, -0.25) is 9.69 Å². The molecule has 98 valence electrons. The van der Waals surface area contributed by atoms with Crippen molar-refractivity contribution in [2.45, 2.75) is 44.7 Å². The van der Waals surface area contributed by atoms with Gasteiger partial charge < -0.3 is 10.2 Å². The van der Waals surface area contributed by atoms with Crippen LogP contribution in [-0.2, 0) is 4.79 Å². The van der Waals surface area contributed by atoms with Gasteiger partial charge in [-0.25, -0.2) is 0 Å². The number of nitrogens with zero attached hydrogens (tertiary/aromatic N) is 2. The molecule has 0 bridgehead atoms. The third kappa shape index (κ3) is 2.99. The van der Waals surface area contributed by atoms with Crippen LogP contribution in [0.5, 0.6) is 0 Å². The van der Waals surface area contributed by atoms with Gasteiger partial charge in [0.05, 0.1) is 6.04 Å². The molecule has 0 aromatic rings. The lowest BCUT2D eigenvalue weighted by Gasteiger charge is -2.32. The van der Waals surface area contributed by atoms with Crippen molar-refractivity contribution in [1.29, 1.82) is 0 Å². The van der Waals surface area contributed by atoms with Crippen molar-refractivity contribution in [1.82, 2.24) is 15.1 Å². The molecule has 2 heterocycles. The van der Waals surface area contributed by atoms with Crippen molar-refractivity contribution < 1.29 is 4.79 Å². The van der Waals surface area contributed by atoms with Crippen LogP contribution in [0.4, 0.5) is 0 Å². The van der Waals surface area contributed by atoms with Crippen molar-refractivity contribution in [2.75, 3.05) is 33.2 Å². The number of carbonyl (C=O) groups is 1. The highest BCUT2D eigenvalue weighted by molar-refractivity contribution is 5.81. The largest absolute Gasteiger partial charge is 0.341 e. The minimum Gasteiger partial charge on any atom is -0.341 e. The molecular formula is C13H25N3O. The van der Waals surface area contributed by atoms with Gasteiger partial charge in [-0.1, -0.05) is 0 Å². The highest BCUT2D eigenvalue weighted by Crippen LogP contribution is 2.16. The zero-order chi connectivity index (χ0) is 12.3. The number of piperidine rings is 1. The second kappa shape index (κ2) is 5.83. The van der Waals surface area contributed by atoms with Crippen LogP contribution < -0.4 is 5.32 Å². The molecule has 2 rings (SSSR count). The molecule has 0 spiro atoms. The lowest BCUT2D eigenvalue weighted by atomic mass is 10.1. The number of rotatable bonds is 3. The molecule has 2 aliphatic heterocycles. The molecular weight excluding hydrogens is 214 g/mol. The predicted octanol–water partition coefficient (Wildman–Crippen LogP) is 0.681. The van der Waals surface area contributed by atoms with Crippen molar-refractivity contribution in [3.63, 3.8) is 0 Å². The normalized spacial score (nSPS) is 28.4. The molecule has 17 heavy (non-hydrogen) atoms. The zero-order valence-electron chi connectivity index (χ0n) is 11.1. The lowest BCUT2D eigenvalue weighted by Crippen LogP contribution is -2.48.